The summed E-state index contributed by atoms with van der Waals surface area (Å²) in [5.41, 5.74) is 0.322. The Hall–Kier alpha value is -2.58. The van der Waals surface area contributed by atoms with Crippen LogP contribution in [0.25, 0.3) is 0 Å². The third-order valence-corrected chi connectivity index (χ3v) is 4.57. The first-order valence-electron chi connectivity index (χ1n) is 8.26. The number of hydrogen-bond acceptors (Lipinski definition) is 3. The van der Waals surface area contributed by atoms with E-state index in [1.807, 2.05) is 54.7 Å². The molecular formula is C19H22N3O2+. The minimum Gasteiger partial charge on any atom is -0.463 e. The van der Waals surface area contributed by atoms with Gasteiger partial charge in [0, 0.05) is 5.56 Å². The van der Waals surface area contributed by atoms with E-state index in [2.05, 4.69) is 11.4 Å². The summed E-state index contributed by atoms with van der Waals surface area (Å²) in [6.07, 6.45) is 3.65. The lowest BCUT2D eigenvalue weighted by Crippen LogP contribution is -2.88. The van der Waals surface area contributed by atoms with E-state index in [1.54, 1.807) is 6.26 Å². The summed E-state index contributed by atoms with van der Waals surface area (Å²) in [6, 6.07) is 15.9. The van der Waals surface area contributed by atoms with Gasteiger partial charge in [-0.3, -0.25) is 4.79 Å². The molecule has 0 aliphatic heterocycles. The van der Waals surface area contributed by atoms with E-state index >= 15 is 0 Å². The lowest BCUT2D eigenvalue weighted by Gasteiger charge is -2.23. The third-order valence-electron chi connectivity index (χ3n) is 4.57. The smallest absolute Gasteiger partial charge is 0.276 e. The Morgan fingerprint density at radius 3 is 2.71 bits per heavy atom. The summed E-state index contributed by atoms with van der Waals surface area (Å²) in [5.74, 6) is 0.958. The molecule has 1 aromatic carbocycles. The molecule has 0 bridgehead atoms. The van der Waals surface area contributed by atoms with Gasteiger partial charge in [-0.25, -0.2) is 0 Å². The fourth-order valence-electron chi connectivity index (χ4n) is 2.99. The van der Waals surface area contributed by atoms with Crippen LogP contribution < -0.4 is 10.6 Å². The topological polar surface area (TPSA) is 82.6 Å². The van der Waals surface area contributed by atoms with E-state index in [-0.39, 0.29) is 24.4 Å². The van der Waals surface area contributed by atoms with Crippen LogP contribution in [0.5, 0.6) is 0 Å². The number of carbonyl (C=O) groups is 1. The normalized spacial score (nSPS) is 17.5. The monoisotopic (exact) mass is 324 g/mol. The number of nitriles is 1. The summed E-state index contributed by atoms with van der Waals surface area (Å²) < 4.78 is 5.54. The van der Waals surface area contributed by atoms with Crippen LogP contribution in [0.4, 0.5) is 0 Å². The Balaban J connectivity index is 1.66. The zero-order valence-corrected chi connectivity index (χ0v) is 13.7. The largest absolute Gasteiger partial charge is 0.463 e. The van der Waals surface area contributed by atoms with Crippen molar-refractivity contribution in [2.45, 2.75) is 31.3 Å². The predicted molar refractivity (Wildman–Crippen MR) is 88.7 cm³/mol. The van der Waals surface area contributed by atoms with Crippen LogP contribution in [0.1, 0.15) is 37.1 Å². The molecule has 1 aliphatic rings. The quantitative estimate of drug-likeness (QED) is 0.814. The van der Waals surface area contributed by atoms with Gasteiger partial charge < -0.3 is 15.1 Å². The molecule has 0 saturated heterocycles. The van der Waals surface area contributed by atoms with Gasteiger partial charge in [-0.15, -0.1) is 0 Å². The van der Waals surface area contributed by atoms with E-state index in [0.717, 1.165) is 24.2 Å². The lowest BCUT2D eigenvalue weighted by molar-refractivity contribution is -0.678. The zero-order valence-electron chi connectivity index (χ0n) is 13.7. The highest BCUT2D eigenvalue weighted by Gasteiger charge is 2.43. The summed E-state index contributed by atoms with van der Waals surface area (Å²) in [7, 11) is 0. The third kappa shape index (κ3) is 3.66. The molecule has 2 aromatic rings. The molecular weight excluding hydrogens is 302 g/mol. The number of benzene rings is 1. The number of carbonyl (C=O) groups excluding carboxylic acids is 1. The fraction of sp³-hybridized carbons (Fsp3) is 0.368. The molecule has 5 heteroatoms. The second-order valence-corrected chi connectivity index (χ2v) is 6.48. The van der Waals surface area contributed by atoms with Crippen molar-refractivity contribution in [3.05, 3.63) is 60.1 Å². The summed E-state index contributed by atoms with van der Waals surface area (Å²) in [4.78, 5) is 12.3. The number of rotatable bonds is 7. The number of furan rings is 1. The van der Waals surface area contributed by atoms with Gasteiger partial charge in [-0.2, -0.15) is 5.26 Å². The van der Waals surface area contributed by atoms with Crippen LogP contribution in [0.3, 0.4) is 0 Å². The van der Waals surface area contributed by atoms with Crippen LogP contribution in [0.15, 0.2) is 53.1 Å². The van der Waals surface area contributed by atoms with Crippen LogP contribution in [-0.4, -0.2) is 18.0 Å². The van der Waals surface area contributed by atoms with Crippen LogP contribution in [0, 0.1) is 17.2 Å². The van der Waals surface area contributed by atoms with Crippen molar-refractivity contribution in [3.8, 4) is 6.07 Å². The first kappa shape index (κ1) is 16.3. The summed E-state index contributed by atoms with van der Waals surface area (Å²) >= 11 is 0. The summed E-state index contributed by atoms with van der Waals surface area (Å²) in [5, 5.41) is 14.2. The fourth-order valence-corrected chi connectivity index (χ4v) is 2.99. The van der Waals surface area contributed by atoms with Crippen molar-refractivity contribution in [1.29, 1.82) is 5.26 Å². The Kier molecular flexibility index (Phi) is 4.68. The molecule has 0 spiro atoms. The predicted octanol–water partition coefficient (Wildman–Crippen LogP) is 1.74. The molecule has 0 radical (unpaired) electrons. The first-order valence-corrected chi connectivity index (χ1v) is 8.26. The second-order valence-electron chi connectivity index (χ2n) is 6.48. The number of nitrogens with zero attached hydrogens (tertiary/aromatic N) is 1. The van der Waals surface area contributed by atoms with Crippen molar-refractivity contribution in [1.82, 2.24) is 5.32 Å². The molecule has 1 aliphatic carbocycles. The highest BCUT2D eigenvalue weighted by molar-refractivity contribution is 5.78. The Bertz CT molecular complexity index is 717. The van der Waals surface area contributed by atoms with E-state index in [0.29, 0.717) is 0 Å². The van der Waals surface area contributed by atoms with E-state index in [9.17, 15) is 10.1 Å². The van der Waals surface area contributed by atoms with E-state index in [1.165, 1.54) is 0 Å². The highest BCUT2D eigenvalue weighted by Crippen LogP contribution is 2.39. The van der Waals surface area contributed by atoms with Gasteiger partial charge in [0.05, 0.1) is 12.3 Å². The van der Waals surface area contributed by atoms with Crippen molar-refractivity contribution < 1.29 is 14.5 Å². The number of quaternary nitrogens is 1. The highest BCUT2D eigenvalue weighted by atomic mass is 16.3. The molecule has 3 rings (SSSR count). The van der Waals surface area contributed by atoms with Crippen molar-refractivity contribution in [2.24, 2.45) is 5.92 Å². The molecule has 2 atom stereocenters. The van der Waals surface area contributed by atoms with Crippen molar-refractivity contribution in [3.63, 3.8) is 0 Å². The number of hydrogen-bond donors (Lipinski definition) is 2. The molecule has 1 saturated carbocycles. The van der Waals surface area contributed by atoms with Gasteiger partial charge in [-0.05, 0) is 37.8 Å². The summed E-state index contributed by atoms with van der Waals surface area (Å²) in [6.45, 7) is 2.05. The van der Waals surface area contributed by atoms with Gasteiger partial charge in [-0.1, -0.05) is 30.3 Å². The molecule has 1 heterocycles. The van der Waals surface area contributed by atoms with Crippen LogP contribution in [0.2, 0.25) is 0 Å². The molecule has 1 fully saturated rings. The maximum absolute atomic E-state index is 12.3. The zero-order chi connectivity index (χ0) is 17.0. The Labute approximate surface area is 141 Å². The van der Waals surface area contributed by atoms with Crippen LogP contribution >= 0.6 is 0 Å². The average Bonchev–Trinajstić information content (AvgIpc) is 3.33. The molecule has 124 valence electrons. The van der Waals surface area contributed by atoms with Gasteiger partial charge in [0.15, 0.2) is 18.3 Å². The molecule has 24 heavy (non-hydrogen) atoms. The number of amides is 1. The van der Waals surface area contributed by atoms with Gasteiger partial charge in [0.25, 0.3) is 5.91 Å². The molecule has 1 amide bonds. The molecule has 0 unspecified atom stereocenters. The van der Waals surface area contributed by atoms with Gasteiger partial charge >= 0.3 is 0 Å². The van der Waals surface area contributed by atoms with E-state index < -0.39 is 5.54 Å². The second kappa shape index (κ2) is 6.90. The minimum atomic E-state index is -0.752. The van der Waals surface area contributed by atoms with Crippen molar-refractivity contribution >= 4 is 5.91 Å². The van der Waals surface area contributed by atoms with E-state index in [4.69, 9.17) is 4.42 Å². The van der Waals surface area contributed by atoms with Gasteiger partial charge in [0.1, 0.15) is 5.54 Å². The number of nitrogens with one attached hydrogen (secondary N) is 1. The first-order chi connectivity index (χ1) is 11.6. The Morgan fingerprint density at radius 2 is 2.12 bits per heavy atom. The van der Waals surface area contributed by atoms with Crippen LogP contribution in [-0.2, 0) is 4.79 Å². The molecule has 3 N–H and O–H groups in total. The maximum Gasteiger partial charge on any atom is 0.276 e. The SMILES string of the molecule is C[C@@](C#N)(NC(=O)C[NH2+][C@H](c1ccccc1)c1ccco1)C1CC1. The maximum atomic E-state index is 12.3. The minimum absolute atomic E-state index is 0.0822. The molecule has 5 nitrogen and oxygen atoms in total. The average molecular weight is 324 g/mol. The van der Waals surface area contributed by atoms with Gasteiger partial charge in [0.2, 0.25) is 0 Å². The Morgan fingerprint density at radius 1 is 1.38 bits per heavy atom. The standard InChI is InChI=1S/C19H21N3O2/c1-19(13-20,15-9-10-15)22-17(23)12-21-18(16-8-5-11-24-16)14-6-3-2-4-7-14/h2-8,11,15,18,21H,9-10,12H2,1H3,(H,22,23)/p+1/t18-,19+/m1/s1. The van der Waals surface area contributed by atoms with Crippen molar-refractivity contribution in [2.75, 3.05) is 6.54 Å². The molecule has 1 aromatic heterocycles. The lowest BCUT2D eigenvalue weighted by atomic mass is 9.98. The number of nitrogens with two attached hydrogens (primary N) is 1.